The first-order chi connectivity index (χ1) is 14.6. The van der Waals surface area contributed by atoms with Crippen LogP contribution in [0.3, 0.4) is 0 Å². The molecular weight excluding hydrogens is 422 g/mol. The van der Waals surface area contributed by atoms with E-state index in [9.17, 15) is 9.59 Å². The number of nitrogens with one attached hydrogen (secondary N) is 2. The maximum absolute atomic E-state index is 12.2. The molecule has 0 bridgehead atoms. The summed E-state index contributed by atoms with van der Waals surface area (Å²) < 4.78 is 5.53. The number of halogens is 1. The van der Waals surface area contributed by atoms with Crippen LogP contribution in [-0.4, -0.2) is 29.9 Å². The molecule has 6 nitrogen and oxygen atoms in total. The molecule has 0 saturated carbocycles. The maximum atomic E-state index is 12.2. The van der Waals surface area contributed by atoms with Gasteiger partial charge in [-0.3, -0.25) is 9.59 Å². The van der Waals surface area contributed by atoms with E-state index in [0.717, 1.165) is 30.0 Å². The van der Waals surface area contributed by atoms with Crippen LogP contribution in [0.4, 0.5) is 5.13 Å². The zero-order valence-electron chi connectivity index (χ0n) is 16.1. The van der Waals surface area contributed by atoms with E-state index in [1.165, 1.54) is 16.9 Å². The average molecular weight is 442 g/mol. The SMILES string of the molecule is O=C(CCCNC(=O)c1ccc(Cl)cc1)Nc1nc(-c2ccc3c(c2)CCO3)cs1. The third-order valence-corrected chi connectivity index (χ3v) is 5.72. The number of aromatic nitrogens is 1. The number of ether oxygens (including phenoxy) is 1. The Labute approximate surface area is 183 Å². The van der Waals surface area contributed by atoms with Crippen molar-refractivity contribution in [3.8, 4) is 17.0 Å². The van der Waals surface area contributed by atoms with Gasteiger partial charge in [0.25, 0.3) is 5.91 Å². The topological polar surface area (TPSA) is 80.3 Å². The molecule has 2 aromatic carbocycles. The third-order valence-electron chi connectivity index (χ3n) is 4.71. The van der Waals surface area contributed by atoms with Gasteiger partial charge in [-0.1, -0.05) is 11.6 Å². The highest BCUT2D eigenvalue weighted by Gasteiger charge is 2.14. The van der Waals surface area contributed by atoms with E-state index < -0.39 is 0 Å². The molecule has 4 rings (SSSR count). The van der Waals surface area contributed by atoms with Crippen molar-refractivity contribution in [2.24, 2.45) is 0 Å². The minimum Gasteiger partial charge on any atom is -0.493 e. The van der Waals surface area contributed by atoms with Gasteiger partial charge in [-0.25, -0.2) is 4.98 Å². The first-order valence-electron chi connectivity index (χ1n) is 9.64. The van der Waals surface area contributed by atoms with Crippen molar-refractivity contribution in [2.75, 3.05) is 18.5 Å². The monoisotopic (exact) mass is 441 g/mol. The number of anilines is 1. The van der Waals surface area contributed by atoms with Crippen LogP contribution in [0.1, 0.15) is 28.8 Å². The van der Waals surface area contributed by atoms with Crippen molar-refractivity contribution >= 4 is 39.9 Å². The summed E-state index contributed by atoms with van der Waals surface area (Å²) in [5, 5.41) is 8.70. The highest BCUT2D eigenvalue weighted by molar-refractivity contribution is 7.14. The Bertz CT molecular complexity index is 1070. The van der Waals surface area contributed by atoms with Gasteiger partial charge in [-0.05, 0) is 54.4 Å². The Kier molecular flexibility index (Phi) is 6.30. The van der Waals surface area contributed by atoms with Crippen LogP contribution in [0, 0.1) is 0 Å². The van der Waals surface area contributed by atoms with Gasteiger partial charge in [0.15, 0.2) is 5.13 Å². The molecule has 1 aromatic heterocycles. The van der Waals surface area contributed by atoms with Gasteiger partial charge in [-0.15, -0.1) is 11.3 Å². The molecule has 0 atom stereocenters. The van der Waals surface area contributed by atoms with Crippen molar-refractivity contribution in [2.45, 2.75) is 19.3 Å². The second-order valence-electron chi connectivity index (χ2n) is 6.87. The fourth-order valence-electron chi connectivity index (χ4n) is 3.15. The number of fused-ring (bicyclic) bond motifs is 1. The first kappa shape index (κ1) is 20.4. The average Bonchev–Trinajstić information content (AvgIpc) is 3.40. The second-order valence-corrected chi connectivity index (χ2v) is 8.17. The Morgan fingerprint density at radius 2 is 2.00 bits per heavy atom. The maximum Gasteiger partial charge on any atom is 0.251 e. The molecule has 1 aliphatic rings. The van der Waals surface area contributed by atoms with Gasteiger partial charge in [0.1, 0.15) is 5.75 Å². The number of benzene rings is 2. The van der Waals surface area contributed by atoms with Crippen molar-refractivity contribution in [3.05, 3.63) is 64.0 Å². The van der Waals surface area contributed by atoms with Gasteiger partial charge in [0.05, 0.1) is 12.3 Å². The summed E-state index contributed by atoms with van der Waals surface area (Å²) in [6.45, 7) is 1.13. The molecule has 1 aliphatic heterocycles. The Hall–Kier alpha value is -2.90. The summed E-state index contributed by atoms with van der Waals surface area (Å²) in [6.07, 6.45) is 1.74. The number of hydrogen-bond donors (Lipinski definition) is 2. The summed E-state index contributed by atoms with van der Waals surface area (Å²) >= 11 is 7.21. The number of carbonyl (C=O) groups excluding carboxylic acids is 2. The molecule has 0 spiro atoms. The summed E-state index contributed by atoms with van der Waals surface area (Å²) in [7, 11) is 0. The zero-order chi connectivity index (χ0) is 20.9. The van der Waals surface area contributed by atoms with Crippen molar-refractivity contribution in [1.82, 2.24) is 10.3 Å². The molecular formula is C22H20ClN3O3S. The quantitative estimate of drug-likeness (QED) is 0.527. The molecule has 3 aromatic rings. The van der Waals surface area contributed by atoms with Crippen LogP contribution in [0.2, 0.25) is 5.02 Å². The van der Waals surface area contributed by atoms with Crippen LogP contribution in [0.15, 0.2) is 47.8 Å². The standard InChI is InChI=1S/C22H20ClN3O3S/c23-17-6-3-14(4-7-17)21(28)24-10-1-2-20(27)26-22-25-18(13-30-22)15-5-8-19-16(12-15)9-11-29-19/h3-8,12-13H,1-2,9-11H2,(H,24,28)(H,25,26,27). The Balaban J connectivity index is 1.23. The van der Waals surface area contributed by atoms with Gasteiger partial charge >= 0.3 is 0 Å². The van der Waals surface area contributed by atoms with E-state index in [1.54, 1.807) is 24.3 Å². The third kappa shape index (κ3) is 4.98. The molecule has 0 aliphatic carbocycles. The fourth-order valence-corrected chi connectivity index (χ4v) is 4.01. The highest BCUT2D eigenvalue weighted by Crippen LogP contribution is 2.31. The van der Waals surface area contributed by atoms with E-state index in [2.05, 4.69) is 21.7 Å². The molecule has 8 heteroatoms. The molecule has 2 N–H and O–H groups in total. The number of rotatable bonds is 7. The molecule has 30 heavy (non-hydrogen) atoms. The van der Waals surface area contributed by atoms with Gasteiger partial charge < -0.3 is 15.4 Å². The number of carbonyl (C=O) groups is 2. The predicted octanol–water partition coefficient (Wildman–Crippen LogP) is 4.55. The second kappa shape index (κ2) is 9.28. The van der Waals surface area contributed by atoms with E-state index in [0.29, 0.717) is 35.1 Å². The largest absolute Gasteiger partial charge is 0.493 e. The number of nitrogens with zero attached hydrogens (tertiary/aromatic N) is 1. The molecule has 0 saturated heterocycles. The van der Waals surface area contributed by atoms with E-state index in [4.69, 9.17) is 16.3 Å². The Morgan fingerprint density at radius 1 is 1.17 bits per heavy atom. The van der Waals surface area contributed by atoms with Crippen LogP contribution < -0.4 is 15.4 Å². The van der Waals surface area contributed by atoms with E-state index in [1.807, 2.05) is 17.5 Å². The van der Waals surface area contributed by atoms with Gasteiger partial charge in [0, 0.05) is 40.9 Å². The first-order valence-corrected chi connectivity index (χ1v) is 10.9. The minimum absolute atomic E-state index is 0.126. The Morgan fingerprint density at radius 3 is 2.83 bits per heavy atom. The normalized spacial score (nSPS) is 12.2. The molecule has 2 amide bonds. The van der Waals surface area contributed by atoms with Crippen LogP contribution in [-0.2, 0) is 11.2 Å². The summed E-state index contributed by atoms with van der Waals surface area (Å²) in [6, 6.07) is 12.7. The van der Waals surface area contributed by atoms with E-state index in [-0.39, 0.29) is 11.8 Å². The van der Waals surface area contributed by atoms with Crippen LogP contribution in [0.25, 0.3) is 11.3 Å². The zero-order valence-corrected chi connectivity index (χ0v) is 17.7. The van der Waals surface area contributed by atoms with Gasteiger partial charge in [-0.2, -0.15) is 0 Å². The summed E-state index contributed by atoms with van der Waals surface area (Å²) in [5.41, 5.74) is 3.57. The number of thiazole rings is 1. The molecule has 0 unspecified atom stereocenters. The summed E-state index contributed by atoms with van der Waals surface area (Å²) in [5.74, 6) is 0.626. The van der Waals surface area contributed by atoms with Crippen molar-refractivity contribution in [1.29, 1.82) is 0 Å². The lowest BCUT2D eigenvalue weighted by Gasteiger charge is -2.05. The fraction of sp³-hybridized carbons (Fsp3) is 0.227. The van der Waals surface area contributed by atoms with Crippen molar-refractivity contribution < 1.29 is 14.3 Å². The molecule has 0 fully saturated rings. The highest BCUT2D eigenvalue weighted by atomic mass is 35.5. The van der Waals surface area contributed by atoms with E-state index >= 15 is 0 Å². The lowest BCUT2D eigenvalue weighted by molar-refractivity contribution is -0.116. The lowest BCUT2D eigenvalue weighted by atomic mass is 10.1. The smallest absolute Gasteiger partial charge is 0.251 e. The predicted molar refractivity (Wildman–Crippen MR) is 118 cm³/mol. The van der Waals surface area contributed by atoms with Crippen molar-refractivity contribution in [3.63, 3.8) is 0 Å². The minimum atomic E-state index is -0.184. The number of amides is 2. The summed E-state index contributed by atoms with van der Waals surface area (Å²) in [4.78, 5) is 28.7. The van der Waals surface area contributed by atoms with Crippen LogP contribution in [0.5, 0.6) is 5.75 Å². The molecule has 0 radical (unpaired) electrons. The molecule has 2 heterocycles. The van der Waals surface area contributed by atoms with Crippen LogP contribution >= 0.6 is 22.9 Å². The molecule has 154 valence electrons. The lowest BCUT2D eigenvalue weighted by Crippen LogP contribution is -2.25. The number of hydrogen-bond acceptors (Lipinski definition) is 5. The van der Waals surface area contributed by atoms with Gasteiger partial charge in [0.2, 0.25) is 5.91 Å².